The Balaban J connectivity index is 1.77. The number of rotatable bonds is 5. The van der Waals surface area contributed by atoms with E-state index in [0.29, 0.717) is 18.0 Å². The van der Waals surface area contributed by atoms with Crippen molar-refractivity contribution in [2.75, 3.05) is 32.2 Å². The molecule has 2 aliphatic rings. The number of amidine groups is 1. The van der Waals surface area contributed by atoms with E-state index >= 15 is 0 Å². The van der Waals surface area contributed by atoms with E-state index in [-0.39, 0.29) is 5.24 Å². The molecular formula is C27H32N4O4S. The van der Waals surface area contributed by atoms with Gasteiger partial charge in [0.1, 0.15) is 17.3 Å². The van der Waals surface area contributed by atoms with Crippen LogP contribution in [-0.4, -0.2) is 59.8 Å². The Morgan fingerprint density at radius 2 is 1.94 bits per heavy atom. The Bertz CT molecular complexity index is 1250. The van der Waals surface area contributed by atoms with Gasteiger partial charge in [-0.3, -0.25) is 14.6 Å². The fourth-order valence-corrected chi connectivity index (χ4v) is 5.54. The zero-order valence-electron chi connectivity index (χ0n) is 21.6. The minimum atomic E-state index is -0.559. The SMILES string of the molecule is CC/N=C(/c1ccc(OC)cc1OC)N1CCCc2cc(C3=NN(C(C)=O)C(=O)SC3(C)C)ccc21. The number of fused-ring (bicyclic) bond motifs is 1. The summed E-state index contributed by atoms with van der Waals surface area (Å²) in [5.74, 6) is 1.89. The molecule has 0 radical (unpaired) electrons. The predicted molar refractivity (Wildman–Crippen MR) is 145 cm³/mol. The molecule has 0 saturated heterocycles. The molecule has 4 rings (SSSR count). The summed E-state index contributed by atoms with van der Waals surface area (Å²) in [7, 11) is 3.29. The van der Waals surface area contributed by atoms with Gasteiger partial charge in [-0.2, -0.15) is 10.1 Å². The van der Waals surface area contributed by atoms with E-state index in [1.165, 1.54) is 12.5 Å². The lowest BCUT2D eigenvalue weighted by molar-refractivity contribution is -0.125. The lowest BCUT2D eigenvalue weighted by Gasteiger charge is -2.35. The van der Waals surface area contributed by atoms with Crippen LogP contribution in [0.3, 0.4) is 0 Å². The fraction of sp³-hybridized carbons (Fsp3) is 0.407. The molecule has 0 bridgehead atoms. The Morgan fingerprint density at radius 3 is 2.61 bits per heavy atom. The highest BCUT2D eigenvalue weighted by atomic mass is 32.2. The van der Waals surface area contributed by atoms with Crippen molar-refractivity contribution < 1.29 is 19.1 Å². The number of amides is 2. The highest BCUT2D eigenvalue weighted by Gasteiger charge is 2.39. The minimum Gasteiger partial charge on any atom is -0.497 e. The van der Waals surface area contributed by atoms with Gasteiger partial charge in [0.2, 0.25) is 5.91 Å². The van der Waals surface area contributed by atoms with Gasteiger partial charge < -0.3 is 14.4 Å². The second kappa shape index (κ2) is 10.3. The summed E-state index contributed by atoms with van der Waals surface area (Å²) in [5.41, 5.74) is 4.77. The first kappa shape index (κ1) is 25.8. The van der Waals surface area contributed by atoms with E-state index in [0.717, 1.165) is 64.6 Å². The second-order valence-corrected chi connectivity index (χ2v) is 10.7. The summed E-state index contributed by atoms with van der Waals surface area (Å²) in [4.78, 5) is 31.5. The number of hydrazone groups is 1. The van der Waals surface area contributed by atoms with Crippen molar-refractivity contribution in [3.05, 3.63) is 53.1 Å². The number of carbonyl (C=O) groups excluding carboxylic acids is 2. The number of ether oxygens (including phenoxy) is 2. The number of aryl methyl sites for hydroxylation is 1. The summed E-state index contributed by atoms with van der Waals surface area (Å²) in [5, 5.41) is 5.07. The Kier molecular flexibility index (Phi) is 7.40. The molecule has 0 saturated carbocycles. The average Bonchev–Trinajstić information content (AvgIpc) is 2.85. The largest absolute Gasteiger partial charge is 0.497 e. The molecule has 9 heteroatoms. The van der Waals surface area contributed by atoms with E-state index in [1.54, 1.807) is 14.2 Å². The molecule has 2 heterocycles. The second-order valence-electron chi connectivity index (χ2n) is 9.12. The quantitative estimate of drug-likeness (QED) is 0.412. The van der Waals surface area contributed by atoms with Crippen LogP contribution in [-0.2, 0) is 11.2 Å². The highest BCUT2D eigenvalue weighted by Crippen LogP contribution is 2.38. The topological polar surface area (TPSA) is 83.8 Å². The molecule has 0 fully saturated rings. The molecule has 36 heavy (non-hydrogen) atoms. The first-order chi connectivity index (χ1) is 17.2. The maximum Gasteiger partial charge on any atom is 0.309 e. The van der Waals surface area contributed by atoms with Crippen LogP contribution >= 0.6 is 11.8 Å². The van der Waals surface area contributed by atoms with Gasteiger partial charge in [0, 0.05) is 31.8 Å². The van der Waals surface area contributed by atoms with Crippen LogP contribution in [0.1, 0.15) is 50.8 Å². The summed E-state index contributed by atoms with van der Waals surface area (Å²) >= 11 is 1.12. The third-order valence-electron chi connectivity index (χ3n) is 6.27. The summed E-state index contributed by atoms with van der Waals surface area (Å²) in [6.07, 6.45) is 1.87. The van der Waals surface area contributed by atoms with Crippen LogP contribution < -0.4 is 14.4 Å². The van der Waals surface area contributed by atoms with Crippen molar-refractivity contribution in [2.45, 2.75) is 45.3 Å². The molecule has 0 atom stereocenters. The van der Waals surface area contributed by atoms with E-state index in [1.807, 2.05) is 45.0 Å². The monoisotopic (exact) mass is 508 g/mol. The summed E-state index contributed by atoms with van der Waals surface area (Å²) in [6.45, 7) is 8.75. The average molecular weight is 509 g/mol. The lowest BCUT2D eigenvalue weighted by atomic mass is 9.93. The number of aliphatic imine (C=N–C) groups is 1. The predicted octanol–water partition coefficient (Wildman–Crippen LogP) is 5.12. The molecule has 2 aromatic rings. The molecule has 190 valence electrons. The van der Waals surface area contributed by atoms with Crippen molar-refractivity contribution in [1.29, 1.82) is 0 Å². The van der Waals surface area contributed by atoms with Crippen LogP contribution in [0.2, 0.25) is 0 Å². The molecule has 2 aromatic carbocycles. The Hall–Kier alpha value is -3.33. The molecule has 8 nitrogen and oxygen atoms in total. The van der Waals surface area contributed by atoms with Crippen LogP contribution in [0.4, 0.5) is 10.5 Å². The fourth-order valence-electron chi connectivity index (χ4n) is 4.59. The minimum absolute atomic E-state index is 0.353. The molecule has 0 spiro atoms. The summed E-state index contributed by atoms with van der Waals surface area (Å²) in [6, 6.07) is 12.0. The number of anilines is 1. The number of imide groups is 1. The Morgan fingerprint density at radius 1 is 1.17 bits per heavy atom. The molecule has 0 aromatic heterocycles. The van der Waals surface area contributed by atoms with Gasteiger partial charge in [-0.05, 0) is 80.8 Å². The van der Waals surface area contributed by atoms with Gasteiger partial charge in [0.15, 0.2) is 0 Å². The van der Waals surface area contributed by atoms with Crippen molar-refractivity contribution in [2.24, 2.45) is 10.1 Å². The van der Waals surface area contributed by atoms with Gasteiger partial charge >= 0.3 is 5.24 Å². The standard InChI is InChI=1S/C27H32N4O4S/c1-7-28-25(21-12-11-20(34-5)16-23(21)35-6)30-14-8-9-18-15-19(10-13-22(18)30)24-27(3,4)36-26(33)31(29-24)17(2)32/h10-13,15-16H,7-9,14H2,1-6H3/b28-25-. The molecule has 2 aliphatic heterocycles. The number of methoxy groups -OCH3 is 2. The van der Waals surface area contributed by atoms with E-state index in [9.17, 15) is 9.59 Å². The van der Waals surface area contributed by atoms with Gasteiger partial charge in [-0.25, -0.2) is 0 Å². The number of hydrogen-bond donors (Lipinski definition) is 0. The van der Waals surface area contributed by atoms with Crippen LogP contribution in [0.15, 0.2) is 46.5 Å². The zero-order valence-corrected chi connectivity index (χ0v) is 22.4. The molecular weight excluding hydrogens is 476 g/mol. The van der Waals surface area contributed by atoms with Crippen LogP contribution in [0, 0.1) is 0 Å². The van der Waals surface area contributed by atoms with E-state index in [4.69, 9.17) is 14.5 Å². The molecule has 0 N–H and O–H groups in total. The van der Waals surface area contributed by atoms with Gasteiger partial charge in [0.05, 0.1) is 30.2 Å². The van der Waals surface area contributed by atoms with Crippen molar-refractivity contribution in [3.8, 4) is 11.5 Å². The maximum absolute atomic E-state index is 12.4. The van der Waals surface area contributed by atoms with Gasteiger partial charge in [-0.1, -0.05) is 6.07 Å². The number of carbonyl (C=O) groups is 2. The highest BCUT2D eigenvalue weighted by molar-refractivity contribution is 8.15. The van der Waals surface area contributed by atoms with Crippen molar-refractivity contribution >= 4 is 40.1 Å². The smallest absolute Gasteiger partial charge is 0.309 e. The van der Waals surface area contributed by atoms with Crippen molar-refractivity contribution in [3.63, 3.8) is 0 Å². The number of thioether (sulfide) groups is 1. The lowest BCUT2D eigenvalue weighted by Crippen LogP contribution is -2.43. The van der Waals surface area contributed by atoms with E-state index in [2.05, 4.69) is 22.1 Å². The number of nitrogens with zero attached hydrogens (tertiary/aromatic N) is 4. The van der Waals surface area contributed by atoms with E-state index < -0.39 is 10.7 Å². The normalized spacial score (nSPS) is 17.4. The Labute approximate surface area is 216 Å². The first-order valence-electron chi connectivity index (χ1n) is 12.0. The van der Waals surface area contributed by atoms with Crippen molar-refractivity contribution in [1.82, 2.24) is 5.01 Å². The third kappa shape index (κ3) is 4.84. The van der Waals surface area contributed by atoms with Crippen LogP contribution in [0.5, 0.6) is 11.5 Å². The molecule has 2 amide bonds. The zero-order chi connectivity index (χ0) is 26.0. The number of hydrogen-bond acceptors (Lipinski definition) is 7. The molecule has 0 unspecified atom stereocenters. The first-order valence-corrected chi connectivity index (χ1v) is 12.8. The van der Waals surface area contributed by atoms with Gasteiger partial charge in [-0.15, -0.1) is 0 Å². The summed E-state index contributed by atoms with van der Waals surface area (Å²) < 4.78 is 10.5. The maximum atomic E-state index is 12.4. The van der Waals surface area contributed by atoms with Crippen LogP contribution in [0.25, 0.3) is 0 Å². The third-order valence-corrected chi connectivity index (χ3v) is 7.32. The number of benzene rings is 2. The molecule has 0 aliphatic carbocycles. The van der Waals surface area contributed by atoms with Gasteiger partial charge in [0.25, 0.3) is 0 Å².